The number of carbonyl (C=O) groups excluding carboxylic acids is 1. The van der Waals surface area contributed by atoms with Crippen LogP contribution in [0.2, 0.25) is 0 Å². The van der Waals surface area contributed by atoms with Gasteiger partial charge in [-0.2, -0.15) is 13.2 Å². The zero-order valence-corrected chi connectivity index (χ0v) is 12.6. The quantitative estimate of drug-likeness (QED) is 0.795. The summed E-state index contributed by atoms with van der Waals surface area (Å²) in [5, 5.41) is 5.47. The highest BCUT2D eigenvalue weighted by Crippen LogP contribution is 2.35. The summed E-state index contributed by atoms with van der Waals surface area (Å²) < 4.78 is 38.8. The molecule has 0 saturated carbocycles. The Morgan fingerprint density at radius 2 is 1.61 bits per heavy atom. The zero-order chi connectivity index (χ0) is 16.9. The van der Waals surface area contributed by atoms with Gasteiger partial charge in [-0.15, -0.1) is 0 Å². The van der Waals surface area contributed by atoms with Crippen LogP contribution in [-0.2, 0) is 11.0 Å². The molecular weight excluding hydrogens is 305 g/mol. The molecule has 0 radical (unpaired) electrons. The summed E-state index contributed by atoms with van der Waals surface area (Å²) in [5.41, 5.74) is 0.386. The van der Waals surface area contributed by atoms with Gasteiger partial charge in [0.15, 0.2) is 0 Å². The molecule has 0 atom stereocenters. The Balaban J connectivity index is 2.12. The van der Waals surface area contributed by atoms with Crippen LogP contribution in [0.15, 0.2) is 48.5 Å². The summed E-state index contributed by atoms with van der Waals surface area (Å²) in [5.74, 6) is -0.0874. The predicted molar refractivity (Wildman–Crippen MR) is 84.7 cm³/mol. The summed E-state index contributed by atoms with van der Waals surface area (Å²) in [6.45, 7) is 1.91. The summed E-state index contributed by atoms with van der Waals surface area (Å²) in [4.78, 5) is 11.5. The second-order valence-electron chi connectivity index (χ2n) is 5.04. The Labute approximate surface area is 132 Å². The molecule has 23 heavy (non-hydrogen) atoms. The Hall–Kier alpha value is -2.50. The van der Waals surface area contributed by atoms with E-state index >= 15 is 0 Å². The number of anilines is 3. The van der Waals surface area contributed by atoms with Gasteiger partial charge in [0, 0.05) is 17.8 Å². The third kappa shape index (κ3) is 4.74. The molecule has 0 saturated heterocycles. The molecule has 0 unspecified atom stereocenters. The molecule has 0 heterocycles. The molecule has 0 spiro atoms. The molecule has 2 aromatic rings. The fraction of sp³-hybridized carbons (Fsp3) is 0.235. The van der Waals surface area contributed by atoms with Crippen LogP contribution in [-0.4, -0.2) is 5.91 Å². The minimum atomic E-state index is -4.42. The van der Waals surface area contributed by atoms with E-state index in [0.29, 0.717) is 17.8 Å². The third-order valence-corrected chi connectivity index (χ3v) is 3.16. The van der Waals surface area contributed by atoms with Crippen molar-refractivity contribution in [3.8, 4) is 0 Å². The molecule has 0 aliphatic rings. The summed E-state index contributed by atoms with van der Waals surface area (Å²) >= 11 is 0. The van der Waals surface area contributed by atoms with Crippen LogP contribution in [0.1, 0.15) is 25.3 Å². The molecule has 6 heteroatoms. The maximum absolute atomic E-state index is 12.9. The Morgan fingerprint density at radius 3 is 2.22 bits per heavy atom. The van der Waals surface area contributed by atoms with E-state index < -0.39 is 11.7 Å². The first-order valence-corrected chi connectivity index (χ1v) is 7.23. The van der Waals surface area contributed by atoms with E-state index in [0.717, 1.165) is 12.5 Å². The van der Waals surface area contributed by atoms with Crippen LogP contribution in [0.4, 0.5) is 30.2 Å². The van der Waals surface area contributed by atoms with Crippen molar-refractivity contribution in [2.75, 3.05) is 10.6 Å². The molecular formula is C17H17F3N2O. The normalized spacial score (nSPS) is 11.1. The van der Waals surface area contributed by atoms with Crippen LogP contribution >= 0.6 is 0 Å². The molecule has 0 aliphatic heterocycles. The molecule has 0 fully saturated rings. The van der Waals surface area contributed by atoms with Crippen molar-refractivity contribution >= 4 is 23.0 Å². The predicted octanol–water partition coefficient (Wildman–Crippen LogP) is 5.19. The van der Waals surface area contributed by atoms with Gasteiger partial charge in [-0.1, -0.05) is 19.1 Å². The van der Waals surface area contributed by atoms with Crippen molar-refractivity contribution in [3.05, 3.63) is 54.1 Å². The van der Waals surface area contributed by atoms with E-state index in [1.807, 2.05) is 6.92 Å². The molecule has 0 aliphatic carbocycles. The van der Waals surface area contributed by atoms with Gasteiger partial charge in [-0.25, -0.2) is 0 Å². The highest BCUT2D eigenvalue weighted by atomic mass is 19.4. The minimum Gasteiger partial charge on any atom is -0.355 e. The second kappa shape index (κ2) is 7.17. The fourth-order valence-corrected chi connectivity index (χ4v) is 2.08. The molecule has 0 bridgehead atoms. The van der Waals surface area contributed by atoms with Crippen molar-refractivity contribution in [1.29, 1.82) is 0 Å². The van der Waals surface area contributed by atoms with Gasteiger partial charge in [0.1, 0.15) is 0 Å². The first-order chi connectivity index (χ1) is 10.9. The third-order valence-electron chi connectivity index (χ3n) is 3.16. The SMILES string of the molecule is CCCC(=O)Nc1ccc(Nc2ccccc2C(F)(F)F)cc1. The van der Waals surface area contributed by atoms with Crippen LogP contribution in [0.5, 0.6) is 0 Å². The van der Waals surface area contributed by atoms with E-state index in [4.69, 9.17) is 0 Å². The Morgan fingerprint density at radius 1 is 1.00 bits per heavy atom. The highest BCUT2D eigenvalue weighted by molar-refractivity contribution is 5.90. The fourth-order valence-electron chi connectivity index (χ4n) is 2.08. The molecule has 2 rings (SSSR count). The Bertz CT molecular complexity index is 666. The molecule has 122 valence electrons. The lowest BCUT2D eigenvalue weighted by Crippen LogP contribution is -2.10. The van der Waals surface area contributed by atoms with E-state index in [9.17, 15) is 18.0 Å². The van der Waals surface area contributed by atoms with E-state index in [1.165, 1.54) is 18.2 Å². The minimum absolute atomic E-state index is 0.0113. The number of nitrogens with one attached hydrogen (secondary N) is 2. The highest BCUT2D eigenvalue weighted by Gasteiger charge is 2.33. The van der Waals surface area contributed by atoms with Gasteiger partial charge in [0.2, 0.25) is 5.91 Å². The van der Waals surface area contributed by atoms with Gasteiger partial charge in [0.25, 0.3) is 0 Å². The van der Waals surface area contributed by atoms with Crippen molar-refractivity contribution in [1.82, 2.24) is 0 Å². The molecule has 2 N–H and O–H groups in total. The number of hydrogen-bond acceptors (Lipinski definition) is 2. The molecule has 2 aromatic carbocycles. The van der Waals surface area contributed by atoms with Gasteiger partial charge in [-0.05, 0) is 42.8 Å². The van der Waals surface area contributed by atoms with Gasteiger partial charge < -0.3 is 10.6 Å². The van der Waals surface area contributed by atoms with Crippen molar-refractivity contribution in [3.63, 3.8) is 0 Å². The average molecular weight is 322 g/mol. The van der Waals surface area contributed by atoms with Gasteiger partial charge in [0.05, 0.1) is 11.3 Å². The summed E-state index contributed by atoms with van der Waals surface area (Å²) in [6, 6.07) is 11.8. The van der Waals surface area contributed by atoms with E-state index in [-0.39, 0.29) is 11.6 Å². The van der Waals surface area contributed by atoms with Crippen LogP contribution in [0.25, 0.3) is 0 Å². The smallest absolute Gasteiger partial charge is 0.355 e. The number of rotatable bonds is 5. The number of carbonyl (C=O) groups is 1. The lowest BCUT2D eigenvalue weighted by atomic mass is 10.1. The van der Waals surface area contributed by atoms with E-state index in [2.05, 4.69) is 10.6 Å². The number of halogens is 3. The molecule has 1 amide bonds. The monoisotopic (exact) mass is 322 g/mol. The standard InChI is InChI=1S/C17H17F3N2O/c1-2-5-16(23)22-13-10-8-12(9-11-13)21-15-7-4-3-6-14(15)17(18,19)20/h3-4,6-11,21H,2,5H2,1H3,(H,22,23). The van der Waals surface area contributed by atoms with Gasteiger partial charge in [-0.3, -0.25) is 4.79 Å². The largest absolute Gasteiger partial charge is 0.418 e. The lowest BCUT2D eigenvalue weighted by molar-refractivity contribution is -0.136. The number of alkyl halides is 3. The van der Waals surface area contributed by atoms with Crippen LogP contribution in [0, 0.1) is 0 Å². The van der Waals surface area contributed by atoms with E-state index in [1.54, 1.807) is 24.3 Å². The van der Waals surface area contributed by atoms with Gasteiger partial charge >= 0.3 is 6.18 Å². The molecule has 0 aromatic heterocycles. The summed E-state index contributed by atoms with van der Waals surface area (Å²) in [7, 11) is 0. The average Bonchev–Trinajstić information content (AvgIpc) is 2.49. The zero-order valence-electron chi connectivity index (χ0n) is 12.6. The number of amides is 1. The Kier molecular flexibility index (Phi) is 5.26. The van der Waals surface area contributed by atoms with Crippen LogP contribution in [0.3, 0.4) is 0 Å². The van der Waals surface area contributed by atoms with Crippen molar-refractivity contribution < 1.29 is 18.0 Å². The van der Waals surface area contributed by atoms with Crippen molar-refractivity contribution in [2.45, 2.75) is 25.9 Å². The second-order valence-corrected chi connectivity index (χ2v) is 5.04. The van der Waals surface area contributed by atoms with Crippen LogP contribution < -0.4 is 10.6 Å². The first kappa shape index (κ1) is 16.9. The first-order valence-electron chi connectivity index (χ1n) is 7.23. The molecule has 3 nitrogen and oxygen atoms in total. The maximum Gasteiger partial charge on any atom is 0.418 e. The summed E-state index contributed by atoms with van der Waals surface area (Å²) in [6.07, 6.45) is -3.24. The topological polar surface area (TPSA) is 41.1 Å². The number of hydrogen-bond donors (Lipinski definition) is 2. The number of para-hydroxylation sites is 1. The number of benzene rings is 2. The lowest BCUT2D eigenvalue weighted by Gasteiger charge is -2.14. The van der Waals surface area contributed by atoms with Crippen molar-refractivity contribution in [2.24, 2.45) is 0 Å². The maximum atomic E-state index is 12.9.